The van der Waals surface area contributed by atoms with Gasteiger partial charge in [-0.2, -0.15) is 0 Å². The Hall–Kier alpha value is -1.82. The molecule has 0 fully saturated rings. The lowest BCUT2D eigenvalue weighted by Gasteiger charge is -2.31. The predicted octanol–water partition coefficient (Wildman–Crippen LogP) is 1.25. The van der Waals surface area contributed by atoms with Crippen molar-refractivity contribution in [1.82, 2.24) is 10.2 Å². The number of nitrogens with one attached hydrogen (secondary N) is 1. The van der Waals surface area contributed by atoms with E-state index in [1.165, 1.54) is 11.2 Å². The molecule has 0 spiro atoms. The van der Waals surface area contributed by atoms with Crippen molar-refractivity contribution in [1.29, 1.82) is 0 Å². The molecule has 1 heterocycles. The summed E-state index contributed by atoms with van der Waals surface area (Å²) in [5.41, 5.74) is -1.09. The minimum Gasteiger partial charge on any atom is -0.480 e. The minimum absolute atomic E-state index is 0.00431. The third kappa shape index (κ3) is 3.82. The lowest BCUT2D eigenvalue weighted by atomic mass is 10.0. The van der Waals surface area contributed by atoms with Gasteiger partial charge in [-0.25, -0.2) is 0 Å². The Morgan fingerprint density at radius 1 is 1.53 bits per heavy atom. The van der Waals surface area contributed by atoms with E-state index in [4.69, 9.17) is 9.52 Å². The maximum absolute atomic E-state index is 11.8. The molecule has 0 radical (unpaired) electrons. The molecular formula is C13H20N2O4. The number of nitrogens with zero attached hydrogens (tertiary/aromatic N) is 1. The fourth-order valence-corrected chi connectivity index (χ4v) is 1.47. The van der Waals surface area contributed by atoms with Crippen LogP contribution >= 0.6 is 0 Å². The quantitative estimate of drug-likeness (QED) is 0.811. The van der Waals surface area contributed by atoms with Crippen LogP contribution in [0.4, 0.5) is 0 Å². The molecule has 19 heavy (non-hydrogen) atoms. The van der Waals surface area contributed by atoms with Crippen molar-refractivity contribution >= 4 is 11.9 Å². The molecule has 6 nitrogen and oxygen atoms in total. The molecule has 6 heteroatoms. The van der Waals surface area contributed by atoms with Crippen molar-refractivity contribution in [3.05, 3.63) is 24.2 Å². The molecule has 106 valence electrons. The Bertz CT molecular complexity index is 440. The monoisotopic (exact) mass is 268 g/mol. The highest BCUT2D eigenvalue weighted by Crippen LogP contribution is 2.14. The number of amides is 1. The van der Waals surface area contributed by atoms with Gasteiger partial charge in [0, 0.05) is 0 Å². The van der Waals surface area contributed by atoms with Gasteiger partial charge in [0.2, 0.25) is 5.91 Å². The van der Waals surface area contributed by atoms with Crippen molar-refractivity contribution < 1.29 is 19.1 Å². The third-order valence-corrected chi connectivity index (χ3v) is 3.21. The number of rotatable bonds is 6. The van der Waals surface area contributed by atoms with Gasteiger partial charge >= 0.3 is 5.97 Å². The van der Waals surface area contributed by atoms with Crippen LogP contribution in [0.15, 0.2) is 22.8 Å². The summed E-state index contributed by atoms with van der Waals surface area (Å²) in [6.07, 6.45) is 1.54. The van der Waals surface area contributed by atoms with Gasteiger partial charge in [0.25, 0.3) is 0 Å². The Balaban J connectivity index is 2.54. The average molecular weight is 268 g/mol. The lowest BCUT2D eigenvalue weighted by molar-refractivity contribution is -0.149. The zero-order valence-corrected chi connectivity index (χ0v) is 11.6. The summed E-state index contributed by atoms with van der Waals surface area (Å²) in [5, 5.41) is 11.8. The number of likely N-dealkylation sites (N-methyl/N-ethyl adjacent to an activating group) is 1. The lowest BCUT2D eigenvalue weighted by Crippen LogP contribution is -2.51. The topological polar surface area (TPSA) is 82.8 Å². The summed E-state index contributed by atoms with van der Waals surface area (Å²) < 4.78 is 5.18. The molecule has 1 unspecified atom stereocenters. The van der Waals surface area contributed by atoms with E-state index in [0.29, 0.717) is 5.76 Å². The van der Waals surface area contributed by atoms with Crippen molar-refractivity contribution in [2.75, 3.05) is 13.6 Å². The first-order valence-electron chi connectivity index (χ1n) is 6.02. The van der Waals surface area contributed by atoms with Gasteiger partial charge in [0.1, 0.15) is 11.3 Å². The molecule has 0 bridgehead atoms. The first-order valence-corrected chi connectivity index (χ1v) is 6.02. The summed E-state index contributed by atoms with van der Waals surface area (Å²) in [6, 6.07) is 3.27. The molecule has 0 aromatic carbocycles. The Labute approximate surface area is 112 Å². The van der Waals surface area contributed by atoms with E-state index in [1.54, 1.807) is 40.0 Å². The second kappa shape index (κ2) is 5.88. The number of aliphatic carboxylic acids is 1. The molecular weight excluding hydrogens is 248 g/mol. The predicted molar refractivity (Wildman–Crippen MR) is 69.6 cm³/mol. The number of carbonyl (C=O) groups excluding carboxylic acids is 1. The number of carboxylic acids is 1. The molecule has 1 rings (SSSR count). The van der Waals surface area contributed by atoms with Crippen LogP contribution in [0.25, 0.3) is 0 Å². The fourth-order valence-electron chi connectivity index (χ4n) is 1.47. The largest absolute Gasteiger partial charge is 0.480 e. The fraction of sp³-hybridized carbons (Fsp3) is 0.538. The van der Waals surface area contributed by atoms with Crippen LogP contribution in [0, 0.1) is 0 Å². The highest BCUT2D eigenvalue weighted by Gasteiger charge is 2.33. The van der Waals surface area contributed by atoms with Crippen LogP contribution in [0.3, 0.4) is 0 Å². The second-order valence-electron chi connectivity index (χ2n) is 5.02. The Kier molecular flexibility index (Phi) is 4.72. The van der Waals surface area contributed by atoms with Crippen molar-refractivity contribution in [2.45, 2.75) is 32.4 Å². The van der Waals surface area contributed by atoms with Gasteiger partial charge in [-0.3, -0.25) is 14.5 Å². The highest BCUT2D eigenvalue weighted by molar-refractivity contribution is 5.81. The van der Waals surface area contributed by atoms with Gasteiger partial charge in [-0.15, -0.1) is 0 Å². The molecule has 0 aliphatic carbocycles. The molecule has 1 aromatic rings. The standard InChI is InChI=1S/C13H20N2O4/c1-9(10-6-5-7-19-10)14-11(16)8-15(4)13(2,3)12(17)18/h5-7,9H,8H2,1-4H3,(H,14,16)(H,17,18). The number of hydrogen-bond donors (Lipinski definition) is 2. The molecule has 2 N–H and O–H groups in total. The number of hydrogen-bond acceptors (Lipinski definition) is 4. The number of furan rings is 1. The maximum atomic E-state index is 11.8. The zero-order valence-electron chi connectivity index (χ0n) is 11.6. The summed E-state index contributed by atoms with van der Waals surface area (Å²) in [6.45, 7) is 4.92. The molecule has 1 atom stereocenters. The summed E-state index contributed by atoms with van der Waals surface area (Å²) in [7, 11) is 1.60. The van der Waals surface area contributed by atoms with Gasteiger partial charge < -0.3 is 14.8 Å². The minimum atomic E-state index is -1.09. The average Bonchev–Trinajstić information content (AvgIpc) is 2.81. The van der Waals surface area contributed by atoms with Crippen molar-refractivity contribution in [3.63, 3.8) is 0 Å². The van der Waals surface area contributed by atoms with Crippen LogP contribution in [-0.2, 0) is 9.59 Å². The number of carbonyl (C=O) groups is 2. The van der Waals surface area contributed by atoms with Gasteiger partial charge in [0.15, 0.2) is 0 Å². The highest BCUT2D eigenvalue weighted by atomic mass is 16.4. The third-order valence-electron chi connectivity index (χ3n) is 3.21. The second-order valence-corrected chi connectivity index (χ2v) is 5.02. The molecule has 1 amide bonds. The first kappa shape index (κ1) is 15.2. The van der Waals surface area contributed by atoms with E-state index >= 15 is 0 Å². The van der Waals surface area contributed by atoms with E-state index in [0.717, 1.165) is 0 Å². The summed E-state index contributed by atoms with van der Waals surface area (Å²) in [5.74, 6) is -0.559. The maximum Gasteiger partial charge on any atom is 0.323 e. The van der Waals surface area contributed by atoms with Gasteiger partial charge in [0.05, 0.1) is 18.8 Å². The van der Waals surface area contributed by atoms with Crippen LogP contribution < -0.4 is 5.32 Å². The molecule has 0 aliphatic rings. The van der Waals surface area contributed by atoms with Gasteiger partial charge in [-0.05, 0) is 40.0 Å². The molecule has 0 saturated heterocycles. The smallest absolute Gasteiger partial charge is 0.323 e. The zero-order chi connectivity index (χ0) is 14.6. The molecule has 0 saturated carbocycles. The van der Waals surface area contributed by atoms with Gasteiger partial charge in [-0.1, -0.05) is 0 Å². The van der Waals surface area contributed by atoms with E-state index in [-0.39, 0.29) is 18.5 Å². The van der Waals surface area contributed by atoms with Crippen LogP contribution in [0.2, 0.25) is 0 Å². The van der Waals surface area contributed by atoms with Crippen LogP contribution in [0.5, 0.6) is 0 Å². The SMILES string of the molecule is CC(NC(=O)CN(C)C(C)(C)C(=O)O)c1ccco1. The molecule has 1 aromatic heterocycles. The molecule has 0 aliphatic heterocycles. The van der Waals surface area contributed by atoms with Crippen molar-refractivity contribution in [2.24, 2.45) is 0 Å². The Morgan fingerprint density at radius 2 is 2.16 bits per heavy atom. The van der Waals surface area contributed by atoms with Crippen molar-refractivity contribution in [3.8, 4) is 0 Å². The number of carboxylic acid groups (broad SMARTS) is 1. The Morgan fingerprint density at radius 3 is 2.63 bits per heavy atom. The van der Waals surface area contributed by atoms with E-state index in [1.807, 2.05) is 0 Å². The summed E-state index contributed by atoms with van der Waals surface area (Å²) >= 11 is 0. The van der Waals surface area contributed by atoms with E-state index < -0.39 is 11.5 Å². The van der Waals surface area contributed by atoms with E-state index in [9.17, 15) is 9.59 Å². The van der Waals surface area contributed by atoms with E-state index in [2.05, 4.69) is 5.32 Å². The summed E-state index contributed by atoms with van der Waals surface area (Å²) in [4.78, 5) is 24.4. The first-order chi connectivity index (χ1) is 8.75. The van der Waals surface area contributed by atoms with Crippen LogP contribution in [-0.4, -0.2) is 41.0 Å². The normalized spacial score (nSPS) is 13.3. The van der Waals surface area contributed by atoms with Crippen LogP contribution in [0.1, 0.15) is 32.6 Å².